The van der Waals surface area contributed by atoms with Crippen LogP contribution >= 0.6 is 0 Å². The Balaban J connectivity index is 4.68. The second kappa shape index (κ2) is 9.65. The number of hydrogen-bond acceptors (Lipinski definition) is 2. The zero-order valence-electron chi connectivity index (χ0n) is 13.1. The second-order valence-corrected chi connectivity index (χ2v) is 5.27. The minimum absolute atomic E-state index is 0.133. The predicted octanol–water partition coefficient (Wildman–Crippen LogP) is 4.89. The van der Waals surface area contributed by atoms with E-state index in [9.17, 15) is 4.79 Å². The molecule has 0 saturated heterocycles. The lowest BCUT2D eigenvalue weighted by molar-refractivity contribution is 0.100. The average Bonchev–Trinajstić information content (AvgIpc) is 2.28. The Morgan fingerprint density at radius 1 is 1.26 bits per heavy atom. The quantitative estimate of drug-likeness (QED) is 0.356. The molecule has 0 saturated carbocycles. The van der Waals surface area contributed by atoms with E-state index in [0.717, 1.165) is 19.3 Å². The fraction of sp³-hybridized carbons (Fsp3) is 0.688. The van der Waals surface area contributed by atoms with Gasteiger partial charge in [0.2, 0.25) is 0 Å². The summed E-state index contributed by atoms with van der Waals surface area (Å²) < 4.78 is 5.50. The summed E-state index contributed by atoms with van der Waals surface area (Å²) >= 11 is 0. The first-order valence-corrected chi connectivity index (χ1v) is 7.24. The van der Waals surface area contributed by atoms with Gasteiger partial charge < -0.3 is 9.64 Å². The monoisotopic (exact) mass is 267 g/mol. The molecule has 19 heavy (non-hydrogen) atoms. The molecule has 0 aromatic carbocycles. The minimum Gasteiger partial charge on any atom is -0.415 e. The van der Waals surface area contributed by atoms with Crippen molar-refractivity contribution in [3.63, 3.8) is 0 Å². The van der Waals surface area contributed by atoms with Gasteiger partial charge in [0.25, 0.3) is 0 Å². The summed E-state index contributed by atoms with van der Waals surface area (Å²) in [5.41, 5.74) is 0. The van der Waals surface area contributed by atoms with Crippen LogP contribution in [-0.2, 0) is 4.74 Å². The largest absolute Gasteiger partial charge is 0.415 e. The first kappa shape index (κ1) is 17.8. The Labute approximate surface area is 118 Å². The average molecular weight is 267 g/mol. The number of rotatable bonds is 8. The lowest BCUT2D eigenvalue weighted by Crippen LogP contribution is -2.42. The van der Waals surface area contributed by atoms with Crippen LogP contribution in [0.5, 0.6) is 0 Å². The third-order valence-corrected chi connectivity index (χ3v) is 2.82. The van der Waals surface area contributed by atoms with Gasteiger partial charge in [0, 0.05) is 18.5 Å². The third-order valence-electron chi connectivity index (χ3n) is 2.82. The molecule has 110 valence electrons. The van der Waals surface area contributed by atoms with Crippen molar-refractivity contribution in [2.45, 2.75) is 72.4 Å². The van der Waals surface area contributed by atoms with Crippen LogP contribution in [0.2, 0.25) is 0 Å². The van der Waals surface area contributed by atoms with Crippen molar-refractivity contribution in [3.05, 3.63) is 24.5 Å². The molecule has 0 aliphatic rings. The first-order chi connectivity index (χ1) is 8.93. The number of unbranched alkanes of at least 4 members (excludes halogenated alkanes) is 2. The summed E-state index contributed by atoms with van der Waals surface area (Å²) in [6.07, 6.45) is 7.28. The molecule has 0 bridgehead atoms. The number of nitrogens with zero attached hydrogens (tertiary/aromatic N) is 1. The van der Waals surface area contributed by atoms with Crippen molar-refractivity contribution in [1.29, 1.82) is 0 Å². The number of carbonyl (C=O) groups excluding carboxylic acids is 1. The maximum absolute atomic E-state index is 12.2. The lowest BCUT2D eigenvalue weighted by Gasteiger charge is -2.29. The summed E-state index contributed by atoms with van der Waals surface area (Å²) in [5.74, 6) is 0.708. The highest BCUT2D eigenvalue weighted by atomic mass is 16.6. The summed E-state index contributed by atoms with van der Waals surface area (Å²) in [5, 5.41) is 0. The molecule has 0 N–H and O–H groups in total. The van der Waals surface area contributed by atoms with E-state index in [1.165, 1.54) is 0 Å². The normalized spacial score (nSPS) is 11.8. The van der Waals surface area contributed by atoms with E-state index < -0.39 is 0 Å². The minimum atomic E-state index is -0.269. The van der Waals surface area contributed by atoms with Crippen LogP contribution in [-0.4, -0.2) is 23.1 Å². The fourth-order valence-corrected chi connectivity index (χ4v) is 1.96. The van der Waals surface area contributed by atoms with Crippen LogP contribution in [0.1, 0.15) is 60.3 Å². The zero-order chi connectivity index (χ0) is 14.8. The molecule has 0 aliphatic carbocycles. The Morgan fingerprint density at radius 2 is 1.84 bits per heavy atom. The predicted molar refractivity (Wildman–Crippen MR) is 81.0 cm³/mol. The topological polar surface area (TPSA) is 29.5 Å². The molecule has 0 aromatic rings. The number of amides is 1. The van der Waals surface area contributed by atoms with Gasteiger partial charge in [-0.1, -0.05) is 19.4 Å². The maximum Gasteiger partial charge on any atom is 0.415 e. The zero-order valence-corrected chi connectivity index (χ0v) is 13.1. The van der Waals surface area contributed by atoms with Gasteiger partial charge in [-0.05, 0) is 46.6 Å². The highest BCUT2D eigenvalue weighted by Gasteiger charge is 2.22. The molecule has 0 rings (SSSR count). The van der Waals surface area contributed by atoms with E-state index in [1.54, 1.807) is 11.0 Å². The van der Waals surface area contributed by atoms with E-state index in [0.29, 0.717) is 12.2 Å². The van der Waals surface area contributed by atoms with E-state index in [1.807, 2.05) is 33.8 Å². The number of carbonyl (C=O) groups is 1. The molecular formula is C16H29NO2. The second-order valence-electron chi connectivity index (χ2n) is 5.27. The van der Waals surface area contributed by atoms with Crippen molar-refractivity contribution < 1.29 is 9.53 Å². The molecule has 1 amide bonds. The Bertz CT molecular complexity index is 298. The molecule has 0 fully saturated rings. The number of ether oxygens (including phenoxy) is 1. The molecule has 3 nitrogen and oxygen atoms in total. The number of allylic oxidation sites excluding steroid dienone is 2. The standard InChI is InChI=1S/C16H29NO2/c1-7-9-10-12-15(11-8-2)19-16(18)17(13(3)4)14(5)6/h8,12-14H,2,7,9-11H2,1,3-6H3/b15-12+. The van der Waals surface area contributed by atoms with Gasteiger partial charge in [0.05, 0.1) is 0 Å². The van der Waals surface area contributed by atoms with Crippen LogP contribution in [0.15, 0.2) is 24.5 Å². The van der Waals surface area contributed by atoms with Gasteiger partial charge in [0.15, 0.2) is 0 Å². The van der Waals surface area contributed by atoms with E-state index in [-0.39, 0.29) is 18.2 Å². The van der Waals surface area contributed by atoms with Gasteiger partial charge in [-0.15, -0.1) is 6.58 Å². The molecule has 0 spiro atoms. The van der Waals surface area contributed by atoms with Gasteiger partial charge in [0.1, 0.15) is 5.76 Å². The summed E-state index contributed by atoms with van der Waals surface area (Å²) in [6, 6.07) is 0.265. The van der Waals surface area contributed by atoms with E-state index in [4.69, 9.17) is 4.74 Å². The van der Waals surface area contributed by atoms with Gasteiger partial charge >= 0.3 is 6.09 Å². The Kier molecular flexibility index (Phi) is 9.02. The SMILES string of the molecule is C=CC/C(=C\CCCC)OC(=O)N(C(C)C)C(C)C. The van der Waals surface area contributed by atoms with Gasteiger partial charge in [-0.2, -0.15) is 0 Å². The summed E-state index contributed by atoms with van der Waals surface area (Å²) in [6.45, 7) is 13.8. The van der Waals surface area contributed by atoms with Crippen LogP contribution in [0.4, 0.5) is 4.79 Å². The molecule has 3 heteroatoms. The molecular weight excluding hydrogens is 238 g/mol. The first-order valence-electron chi connectivity index (χ1n) is 7.24. The third kappa shape index (κ3) is 7.04. The van der Waals surface area contributed by atoms with Crippen LogP contribution in [0.3, 0.4) is 0 Å². The molecule has 0 aliphatic heterocycles. The summed E-state index contributed by atoms with van der Waals surface area (Å²) in [7, 11) is 0. The molecule has 0 unspecified atom stereocenters. The lowest BCUT2D eigenvalue weighted by atomic mass is 10.2. The van der Waals surface area contributed by atoms with E-state index >= 15 is 0 Å². The van der Waals surface area contributed by atoms with Crippen molar-refractivity contribution in [1.82, 2.24) is 4.90 Å². The van der Waals surface area contributed by atoms with Crippen molar-refractivity contribution in [2.75, 3.05) is 0 Å². The Morgan fingerprint density at radius 3 is 2.26 bits per heavy atom. The fourth-order valence-electron chi connectivity index (χ4n) is 1.96. The smallest absolute Gasteiger partial charge is 0.415 e. The van der Waals surface area contributed by atoms with Crippen molar-refractivity contribution in [3.8, 4) is 0 Å². The van der Waals surface area contributed by atoms with Crippen molar-refractivity contribution in [2.24, 2.45) is 0 Å². The van der Waals surface area contributed by atoms with Crippen molar-refractivity contribution >= 4 is 6.09 Å². The highest BCUT2D eigenvalue weighted by molar-refractivity contribution is 5.69. The highest BCUT2D eigenvalue weighted by Crippen LogP contribution is 2.14. The van der Waals surface area contributed by atoms with Crippen LogP contribution in [0, 0.1) is 0 Å². The van der Waals surface area contributed by atoms with E-state index in [2.05, 4.69) is 13.5 Å². The maximum atomic E-state index is 12.2. The van der Waals surface area contributed by atoms with Crippen LogP contribution < -0.4 is 0 Å². The number of hydrogen-bond donors (Lipinski definition) is 0. The molecule has 0 heterocycles. The molecule has 0 aromatic heterocycles. The molecule has 0 radical (unpaired) electrons. The van der Waals surface area contributed by atoms with Gasteiger partial charge in [-0.25, -0.2) is 4.79 Å². The molecule has 0 atom stereocenters. The summed E-state index contributed by atoms with van der Waals surface area (Å²) in [4.78, 5) is 13.9. The van der Waals surface area contributed by atoms with Gasteiger partial charge in [-0.3, -0.25) is 0 Å². The Hall–Kier alpha value is -1.25. The van der Waals surface area contributed by atoms with Crippen LogP contribution in [0.25, 0.3) is 0 Å².